The van der Waals surface area contributed by atoms with E-state index >= 15 is 0 Å². The molecule has 1 saturated carbocycles. The maximum atomic E-state index is 11.9. The molecule has 1 aliphatic heterocycles. The first-order chi connectivity index (χ1) is 8.18. The van der Waals surface area contributed by atoms with Crippen LogP contribution < -0.4 is 5.32 Å². The molecule has 0 aromatic heterocycles. The molecule has 1 atom stereocenters. The van der Waals surface area contributed by atoms with Crippen LogP contribution in [0.1, 0.15) is 38.5 Å². The van der Waals surface area contributed by atoms with Crippen LogP contribution in [0.4, 0.5) is 4.79 Å². The number of nitrogens with one attached hydrogen (secondary N) is 1. The van der Waals surface area contributed by atoms with E-state index in [1.165, 1.54) is 30.6 Å². The van der Waals surface area contributed by atoms with Gasteiger partial charge in [0.05, 0.1) is 0 Å². The molecular formula is C12H20N2O3. The maximum Gasteiger partial charge on any atom is 0.326 e. The highest BCUT2D eigenvalue weighted by molar-refractivity contribution is 5.83. The van der Waals surface area contributed by atoms with Crippen LogP contribution in [-0.2, 0) is 4.79 Å². The number of hydrogen-bond acceptors (Lipinski definition) is 2. The number of carboxylic acid groups (broad SMARTS) is 1. The van der Waals surface area contributed by atoms with Gasteiger partial charge < -0.3 is 15.3 Å². The molecule has 2 rings (SSSR count). The first kappa shape index (κ1) is 12.2. The Labute approximate surface area is 101 Å². The van der Waals surface area contributed by atoms with Crippen LogP contribution in [0.2, 0.25) is 0 Å². The summed E-state index contributed by atoms with van der Waals surface area (Å²) >= 11 is 0. The van der Waals surface area contributed by atoms with Gasteiger partial charge in [0, 0.05) is 13.1 Å². The number of nitrogens with zero attached hydrogens (tertiary/aromatic N) is 1. The minimum Gasteiger partial charge on any atom is -0.480 e. The van der Waals surface area contributed by atoms with Crippen LogP contribution in [0.3, 0.4) is 0 Å². The summed E-state index contributed by atoms with van der Waals surface area (Å²) < 4.78 is 0. The van der Waals surface area contributed by atoms with Crippen molar-refractivity contribution < 1.29 is 14.7 Å². The standard InChI is InChI=1S/C12H20N2O3/c15-11(16)10-6-3-7-14(10)12(17)13-8-9-4-1-2-5-9/h9-10H,1-8H2,(H,13,17)(H,15,16)/t10-/m1/s1. The quantitative estimate of drug-likeness (QED) is 0.784. The monoisotopic (exact) mass is 240 g/mol. The second kappa shape index (κ2) is 5.38. The Morgan fingerprint density at radius 2 is 1.88 bits per heavy atom. The Morgan fingerprint density at radius 1 is 1.18 bits per heavy atom. The summed E-state index contributed by atoms with van der Waals surface area (Å²) in [7, 11) is 0. The largest absolute Gasteiger partial charge is 0.480 e. The summed E-state index contributed by atoms with van der Waals surface area (Å²) in [5.41, 5.74) is 0. The van der Waals surface area contributed by atoms with Crippen molar-refractivity contribution in [3.63, 3.8) is 0 Å². The maximum absolute atomic E-state index is 11.9. The molecule has 5 heteroatoms. The molecule has 2 N–H and O–H groups in total. The molecule has 0 radical (unpaired) electrons. The van der Waals surface area contributed by atoms with Gasteiger partial charge in [-0.05, 0) is 31.6 Å². The molecule has 0 aromatic carbocycles. The van der Waals surface area contributed by atoms with Gasteiger partial charge in [0.25, 0.3) is 0 Å². The van der Waals surface area contributed by atoms with E-state index in [0.717, 1.165) is 6.42 Å². The molecule has 2 amide bonds. The molecule has 0 unspecified atom stereocenters. The lowest BCUT2D eigenvalue weighted by Crippen LogP contribution is -2.46. The fraction of sp³-hybridized carbons (Fsp3) is 0.833. The number of aliphatic carboxylic acids is 1. The molecule has 5 nitrogen and oxygen atoms in total. The first-order valence-corrected chi connectivity index (χ1v) is 6.46. The lowest BCUT2D eigenvalue weighted by atomic mass is 10.1. The van der Waals surface area contributed by atoms with Crippen LogP contribution in [0.15, 0.2) is 0 Å². The van der Waals surface area contributed by atoms with E-state index in [2.05, 4.69) is 5.32 Å². The molecule has 96 valence electrons. The van der Waals surface area contributed by atoms with Crippen molar-refractivity contribution >= 4 is 12.0 Å². The highest BCUT2D eigenvalue weighted by atomic mass is 16.4. The van der Waals surface area contributed by atoms with Crippen molar-refractivity contribution in [2.24, 2.45) is 5.92 Å². The lowest BCUT2D eigenvalue weighted by Gasteiger charge is -2.22. The normalized spacial score (nSPS) is 25.2. The fourth-order valence-corrected chi connectivity index (χ4v) is 2.81. The minimum atomic E-state index is -0.890. The predicted octanol–water partition coefficient (Wildman–Crippen LogP) is 1.44. The van der Waals surface area contributed by atoms with E-state index < -0.39 is 12.0 Å². The minimum absolute atomic E-state index is 0.207. The highest BCUT2D eigenvalue weighted by Gasteiger charge is 2.34. The third-order valence-corrected chi connectivity index (χ3v) is 3.82. The number of amides is 2. The van der Waals surface area contributed by atoms with Crippen molar-refractivity contribution in [3.05, 3.63) is 0 Å². The van der Waals surface area contributed by atoms with Crippen LogP contribution >= 0.6 is 0 Å². The van der Waals surface area contributed by atoms with Crippen molar-refractivity contribution in [1.82, 2.24) is 10.2 Å². The molecular weight excluding hydrogens is 220 g/mol. The number of carbonyl (C=O) groups is 2. The van der Waals surface area contributed by atoms with Gasteiger partial charge in [-0.15, -0.1) is 0 Å². The third kappa shape index (κ3) is 2.90. The molecule has 0 bridgehead atoms. The Balaban J connectivity index is 1.80. The first-order valence-electron chi connectivity index (χ1n) is 6.46. The molecule has 2 aliphatic rings. The smallest absolute Gasteiger partial charge is 0.326 e. The van der Waals surface area contributed by atoms with Gasteiger partial charge in [0.2, 0.25) is 0 Å². The van der Waals surface area contributed by atoms with E-state index in [-0.39, 0.29) is 6.03 Å². The second-order valence-electron chi connectivity index (χ2n) is 5.03. The van der Waals surface area contributed by atoms with Gasteiger partial charge in [-0.3, -0.25) is 0 Å². The Morgan fingerprint density at radius 3 is 2.53 bits per heavy atom. The zero-order chi connectivity index (χ0) is 12.3. The highest BCUT2D eigenvalue weighted by Crippen LogP contribution is 2.24. The van der Waals surface area contributed by atoms with Gasteiger partial charge in [-0.1, -0.05) is 12.8 Å². The van der Waals surface area contributed by atoms with Gasteiger partial charge >= 0.3 is 12.0 Å². The van der Waals surface area contributed by atoms with Crippen molar-refractivity contribution in [1.29, 1.82) is 0 Å². The van der Waals surface area contributed by atoms with Crippen molar-refractivity contribution in [2.75, 3.05) is 13.1 Å². The van der Waals surface area contributed by atoms with Crippen molar-refractivity contribution in [3.8, 4) is 0 Å². The summed E-state index contributed by atoms with van der Waals surface area (Å²) in [6.07, 6.45) is 6.23. The topological polar surface area (TPSA) is 69.6 Å². The summed E-state index contributed by atoms with van der Waals surface area (Å²) in [6.45, 7) is 1.26. The molecule has 1 heterocycles. The predicted molar refractivity (Wildman–Crippen MR) is 62.7 cm³/mol. The van der Waals surface area contributed by atoms with Crippen molar-refractivity contribution in [2.45, 2.75) is 44.6 Å². The van der Waals surface area contributed by atoms with E-state index in [0.29, 0.717) is 25.4 Å². The average Bonchev–Trinajstić information content (AvgIpc) is 2.96. The zero-order valence-electron chi connectivity index (χ0n) is 10.0. The number of hydrogen-bond donors (Lipinski definition) is 2. The van der Waals surface area contributed by atoms with E-state index in [1.54, 1.807) is 0 Å². The molecule has 1 saturated heterocycles. The number of carbonyl (C=O) groups excluding carboxylic acids is 1. The van der Waals surface area contributed by atoms with E-state index in [9.17, 15) is 9.59 Å². The number of likely N-dealkylation sites (tertiary alicyclic amines) is 1. The average molecular weight is 240 g/mol. The van der Waals surface area contributed by atoms with Crippen LogP contribution in [0.25, 0.3) is 0 Å². The summed E-state index contributed by atoms with van der Waals surface area (Å²) in [5, 5.41) is 11.9. The molecule has 17 heavy (non-hydrogen) atoms. The molecule has 0 spiro atoms. The van der Waals surface area contributed by atoms with Gasteiger partial charge in [-0.25, -0.2) is 9.59 Å². The molecule has 1 aliphatic carbocycles. The number of rotatable bonds is 3. The van der Waals surface area contributed by atoms with E-state index in [4.69, 9.17) is 5.11 Å². The zero-order valence-corrected chi connectivity index (χ0v) is 10.0. The summed E-state index contributed by atoms with van der Waals surface area (Å²) in [5.74, 6) is -0.302. The van der Waals surface area contributed by atoms with Gasteiger partial charge in [-0.2, -0.15) is 0 Å². The lowest BCUT2D eigenvalue weighted by molar-refractivity contribution is -0.141. The van der Waals surface area contributed by atoms with Gasteiger partial charge in [0.1, 0.15) is 6.04 Å². The van der Waals surface area contributed by atoms with Gasteiger partial charge in [0.15, 0.2) is 0 Å². The van der Waals surface area contributed by atoms with Crippen LogP contribution in [-0.4, -0.2) is 41.1 Å². The van der Waals surface area contributed by atoms with Crippen LogP contribution in [0, 0.1) is 5.92 Å². The summed E-state index contributed by atoms with van der Waals surface area (Å²) in [4.78, 5) is 24.3. The summed E-state index contributed by atoms with van der Waals surface area (Å²) in [6, 6.07) is -0.833. The third-order valence-electron chi connectivity index (χ3n) is 3.82. The number of carboxylic acids is 1. The van der Waals surface area contributed by atoms with E-state index in [1.807, 2.05) is 0 Å². The van der Waals surface area contributed by atoms with Crippen LogP contribution in [0.5, 0.6) is 0 Å². The Bertz CT molecular complexity index is 300. The SMILES string of the molecule is O=C(O)[C@H]1CCCN1C(=O)NCC1CCCC1. The molecule has 0 aromatic rings. The second-order valence-corrected chi connectivity index (χ2v) is 5.03. The molecule has 2 fully saturated rings. The number of urea groups is 1. The Kier molecular flexibility index (Phi) is 3.86. The fourth-order valence-electron chi connectivity index (χ4n) is 2.81. The Hall–Kier alpha value is -1.26.